The zero-order valence-electron chi connectivity index (χ0n) is 14.6. The number of carbonyl (C=O) groups is 1. The van der Waals surface area contributed by atoms with Crippen molar-refractivity contribution >= 4 is 52.2 Å². The number of thiophene rings is 1. The van der Waals surface area contributed by atoms with Crippen LogP contribution >= 0.6 is 34.5 Å². The Labute approximate surface area is 166 Å². The van der Waals surface area contributed by atoms with Crippen molar-refractivity contribution in [3.05, 3.63) is 32.6 Å². The number of hydrogen-bond donors (Lipinski definition) is 2. The molecule has 0 atom stereocenters. The highest BCUT2D eigenvalue weighted by Crippen LogP contribution is 2.31. The number of nitrogens with zero attached hydrogens (tertiary/aromatic N) is 3. The Morgan fingerprint density at radius 1 is 1.23 bits per heavy atom. The fraction of sp³-hybridized carbons (Fsp3) is 0.471. The van der Waals surface area contributed by atoms with Crippen LogP contribution in [0.15, 0.2) is 18.3 Å². The van der Waals surface area contributed by atoms with Crippen molar-refractivity contribution in [3.63, 3.8) is 0 Å². The van der Waals surface area contributed by atoms with Crippen molar-refractivity contribution in [1.29, 1.82) is 0 Å². The molecule has 1 amide bonds. The summed E-state index contributed by atoms with van der Waals surface area (Å²) >= 11 is 13.2. The van der Waals surface area contributed by atoms with Gasteiger partial charge in [0.2, 0.25) is 5.95 Å². The number of nitrogens with one attached hydrogen (secondary N) is 2. The predicted molar refractivity (Wildman–Crippen MR) is 108 cm³/mol. The molecule has 3 rings (SSSR count). The molecular formula is C17H21Cl2N5OS. The lowest BCUT2D eigenvalue weighted by atomic mass is 9.91. The van der Waals surface area contributed by atoms with E-state index in [-0.39, 0.29) is 11.9 Å². The van der Waals surface area contributed by atoms with Gasteiger partial charge >= 0.3 is 0 Å². The van der Waals surface area contributed by atoms with Gasteiger partial charge in [0.05, 0.1) is 9.90 Å². The van der Waals surface area contributed by atoms with Gasteiger partial charge in [-0.3, -0.25) is 4.79 Å². The molecule has 2 aromatic heterocycles. The lowest BCUT2D eigenvalue weighted by Crippen LogP contribution is -2.40. The van der Waals surface area contributed by atoms with Gasteiger partial charge in [-0.25, -0.2) is 4.98 Å². The largest absolute Gasteiger partial charge is 0.363 e. The Bertz CT molecular complexity index is 774. The lowest BCUT2D eigenvalue weighted by molar-refractivity contribution is 0.0927. The summed E-state index contributed by atoms with van der Waals surface area (Å²) in [7, 11) is 3.90. The molecule has 0 bridgehead atoms. The molecule has 140 valence electrons. The molecule has 26 heavy (non-hydrogen) atoms. The van der Waals surface area contributed by atoms with Gasteiger partial charge in [-0.2, -0.15) is 4.98 Å². The molecular weight excluding hydrogens is 393 g/mol. The quantitative estimate of drug-likeness (QED) is 0.772. The first-order chi connectivity index (χ1) is 12.4. The molecule has 0 radical (unpaired) electrons. The van der Waals surface area contributed by atoms with E-state index in [9.17, 15) is 4.79 Å². The Morgan fingerprint density at radius 2 is 1.92 bits per heavy atom. The summed E-state index contributed by atoms with van der Waals surface area (Å²) in [5.74, 6) is 1.36. The molecule has 2 N–H and O–H groups in total. The molecule has 9 heteroatoms. The molecule has 2 aromatic rings. The van der Waals surface area contributed by atoms with Gasteiger partial charge in [-0.15, -0.1) is 11.3 Å². The van der Waals surface area contributed by atoms with Crippen LogP contribution < -0.4 is 15.5 Å². The topological polar surface area (TPSA) is 70.2 Å². The molecule has 0 saturated heterocycles. The zero-order valence-corrected chi connectivity index (χ0v) is 17.0. The van der Waals surface area contributed by atoms with E-state index in [4.69, 9.17) is 23.2 Å². The van der Waals surface area contributed by atoms with E-state index in [1.807, 2.05) is 25.1 Å². The Kier molecular flexibility index (Phi) is 6.21. The molecule has 0 aliphatic heterocycles. The van der Waals surface area contributed by atoms with Crippen LogP contribution in [0.2, 0.25) is 8.67 Å². The van der Waals surface area contributed by atoms with Gasteiger partial charge < -0.3 is 15.5 Å². The minimum atomic E-state index is -0.156. The van der Waals surface area contributed by atoms with Gasteiger partial charge in [0.1, 0.15) is 10.2 Å². The van der Waals surface area contributed by atoms with Crippen molar-refractivity contribution in [2.24, 2.45) is 0 Å². The SMILES string of the molecule is CN(C)c1ccnc(NC2CCC(NC(=O)c3cc(Cl)sc3Cl)CC2)n1. The summed E-state index contributed by atoms with van der Waals surface area (Å²) in [4.78, 5) is 23.1. The number of carbonyl (C=O) groups excluding carboxylic acids is 1. The van der Waals surface area contributed by atoms with Gasteiger partial charge in [0.15, 0.2) is 0 Å². The van der Waals surface area contributed by atoms with E-state index in [1.165, 1.54) is 11.3 Å². The van der Waals surface area contributed by atoms with Crippen LogP contribution in [-0.4, -0.2) is 42.1 Å². The summed E-state index contributed by atoms with van der Waals surface area (Å²) in [6.45, 7) is 0. The molecule has 1 aliphatic rings. The van der Waals surface area contributed by atoms with Gasteiger partial charge in [-0.1, -0.05) is 23.2 Å². The number of amides is 1. The first-order valence-electron chi connectivity index (χ1n) is 8.45. The van der Waals surface area contributed by atoms with Crippen LogP contribution in [0.4, 0.5) is 11.8 Å². The Morgan fingerprint density at radius 3 is 2.54 bits per heavy atom. The first-order valence-corrected chi connectivity index (χ1v) is 10.0. The number of rotatable bonds is 5. The summed E-state index contributed by atoms with van der Waals surface area (Å²) in [5.41, 5.74) is 0.454. The van der Waals surface area contributed by atoms with Crippen molar-refractivity contribution in [2.45, 2.75) is 37.8 Å². The van der Waals surface area contributed by atoms with E-state index in [2.05, 4.69) is 20.6 Å². The van der Waals surface area contributed by atoms with Gasteiger partial charge in [0.25, 0.3) is 5.91 Å². The van der Waals surface area contributed by atoms with E-state index in [0.717, 1.165) is 31.5 Å². The number of aromatic nitrogens is 2. The summed E-state index contributed by atoms with van der Waals surface area (Å²) in [6.07, 6.45) is 5.43. The molecule has 1 aliphatic carbocycles. The Hall–Kier alpha value is -1.57. The van der Waals surface area contributed by atoms with Crippen LogP contribution in [0, 0.1) is 0 Å². The zero-order chi connectivity index (χ0) is 18.7. The third-order valence-corrected chi connectivity index (χ3v) is 5.88. The maximum atomic E-state index is 12.3. The monoisotopic (exact) mass is 413 g/mol. The fourth-order valence-corrected chi connectivity index (χ4v) is 4.45. The standard InChI is InChI=1S/C17H21Cl2N5OS/c1-24(2)14-7-8-20-17(23-14)22-11-5-3-10(4-6-11)21-16(25)12-9-13(18)26-15(12)19/h7-11H,3-6H2,1-2H3,(H,21,25)(H,20,22,23). The third-order valence-electron chi connectivity index (χ3n) is 4.40. The number of anilines is 2. The molecule has 2 heterocycles. The van der Waals surface area contributed by atoms with Crippen LogP contribution in [0.1, 0.15) is 36.0 Å². The molecule has 0 unspecified atom stereocenters. The minimum absolute atomic E-state index is 0.143. The second kappa shape index (κ2) is 8.41. The van der Waals surface area contributed by atoms with Crippen LogP contribution in [-0.2, 0) is 0 Å². The second-order valence-corrected chi connectivity index (χ2v) is 8.82. The van der Waals surface area contributed by atoms with E-state index >= 15 is 0 Å². The Balaban J connectivity index is 1.50. The molecule has 1 saturated carbocycles. The van der Waals surface area contributed by atoms with E-state index in [0.29, 0.717) is 26.2 Å². The number of hydrogen-bond acceptors (Lipinski definition) is 6. The summed E-state index contributed by atoms with van der Waals surface area (Å²) in [5, 5.41) is 6.45. The van der Waals surface area contributed by atoms with Crippen molar-refractivity contribution in [2.75, 3.05) is 24.3 Å². The smallest absolute Gasteiger partial charge is 0.253 e. The highest BCUT2D eigenvalue weighted by molar-refractivity contribution is 7.20. The third kappa shape index (κ3) is 4.78. The van der Waals surface area contributed by atoms with Crippen LogP contribution in [0.25, 0.3) is 0 Å². The van der Waals surface area contributed by atoms with Crippen LogP contribution in [0.3, 0.4) is 0 Å². The highest BCUT2D eigenvalue weighted by atomic mass is 35.5. The van der Waals surface area contributed by atoms with Crippen molar-refractivity contribution < 1.29 is 4.79 Å². The lowest BCUT2D eigenvalue weighted by Gasteiger charge is -2.29. The molecule has 1 fully saturated rings. The van der Waals surface area contributed by atoms with Gasteiger partial charge in [-0.05, 0) is 37.8 Å². The maximum absolute atomic E-state index is 12.3. The van der Waals surface area contributed by atoms with E-state index in [1.54, 1.807) is 12.3 Å². The molecule has 0 aromatic carbocycles. The van der Waals surface area contributed by atoms with Crippen LogP contribution in [0.5, 0.6) is 0 Å². The second-order valence-electron chi connectivity index (χ2n) is 6.54. The predicted octanol–water partition coefficient (Wildman–Crippen LogP) is 4.06. The number of halogens is 2. The van der Waals surface area contributed by atoms with E-state index < -0.39 is 0 Å². The fourth-order valence-electron chi connectivity index (χ4n) is 2.99. The molecule has 0 spiro atoms. The van der Waals surface area contributed by atoms with Crippen molar-refractivity contribution in [1.82, 2.24) is 15.3 Å². The maximum Gasteiger partial charge on any atom is 0.253 e. The first kappa shape index (κ1) is 19.2. The average molecular weight is 414 g/mol. The summed E-state index contributed by atoms with van der Waals surface area (Å²) < 4.78 is 0.953. The average Bonchev–Trinajstić information content (AvgIpc) is 2.95. The molecule has 6 nitrogen and oxygen atoms in total. The minimum Gasteiger partial charge on any atom is -0.363 e. The summed E-state index contributed by atoms with van der Waals surface area (Å²) in [6, 6.07) is 3.94. The highest BCUT2D eigenvalue weighted by Gasteiger charge is 2.24. The normalized spacial score (nSPS) is 19.8. The van der Waals surface area contributed by atoms with Gasteiger partial charge in [0, 0.05) is 32.4 Å². The van der Waals surface area contributed by atoms with Crippen molar-refractivity contribution in [3.8, 4) is 0 Å².